The van der Waals surface area contributed by atoms with Gasteiger partial charge < -0.3 is 5.32 Å². The van der Waals surface area contributed by atoms with Crippen molar-refractivity contribution >= 4 is 46.5 Å². The fraction of sp³-hybridized carbons (Fsp3) is 0. The quantitative estimate of drug-likeness (QED) is 0.856. The summed E-state index contributed by atoms with van der Waals surface area (Å²) < 4.78 is 13.5. The van der Waals surface area contributed by atoms with E-state index in [1.165, 1.54) is 12.1 Å². The van der Waals surface area contributed by atoms with E-state index < -0.39 is 11.7 Å². The van der Waals surface area contributed by atoms with Crippen molar-refractivity contribution < 1.29 is 9.18 Å². The Balaban J connectivity index is 2.34. The van der Waals surface area contributed by atoms with Gasteiger partial charge in [0.25, 0.3) is 5.91 Å². The number of carbonyl (C=O) groups is 1. The average Bonchev–Trinajstić information content (AvgIpc) is 2.35. The number of amides is 1. The number of rotatable bonds is 2. The van der Waals surface area contributed by atoms with Gasteiger partial charge in [0.2, 0.25) is 0 Å². The molecule has 0 saturated heterocycles. The van der Waals surface area contributed by atoms with E-state index in [1.54, 1.807) is 0 Å². The first-order valence-corrected chi connectivity index (χ1v) is 6.05. The number of nitrogens with one attached hydrogen (secondary N) is 1. The molecule has 0 bridgehead atoms. The molecule has 0 spiro atoms. The second-order valence-corrected chi connectivity index (χ2v) is 4.52. The monoisotopic (exact) mass is 319 g/mol. The first kappa shape index (κ1) is 14.0. The van der Waals surface area contributed by atoms with Crippen LogP contribution in [-0.2, 0) is 0 Å². The Morgan fingerprint density at radius 1 is 1.21 bits per heavy atom. The Morgan fingerprint density at radius 2 is 1.95 bits per heavy atom. The third-order valence-corrected chi connectivity index (χ3v) is 3.22. The van der Waals surface area contributed by atoms with Crippen LogP contribution in [0.5, 0.6) is 0 Å². The Bertz CT molecular complexity index is 631. The number of anilines is 1. The molecule has 0 unspecified atom stereocenters. The maximum absolute atomic E-state index is 13.5. The standard InChI is InChI=1S/C11H5Cl3FN3O/c12-5-2-1-3-6(15)7(5)11(19)18-10-8(13)9(14)16-4-17-10/h1-4H,(H,16,17,18,19). The molecule has 1 aromatic carbocycles. The lowest BCUT2D eigenvalue weighted by Crippen LogP contribution is -2.15. The minimum Gasteiger partial charge on any atom is -0.305 e. The molecule has 0 saturated carbocycles. The van der Waals surface area contributed by atoms with Gasteiger partial charge in [0, 0.05) is 0 Å². The Morgan fingerprint density at radius 3 is 2.63 bits per heavy atom. The molecule has 0 aliphatic carbocycles. The summed E-state index contributed by atoms with van der Waals surface area (Å²) in [5, 5.41) is 2.24. The fourth-order valence-electron chi connectivity index (χ4n) is 1.32. The summed E-state index contributed by atoms with van der Waals surface area (Å²) in [5.74, 6) is -1.55. The lowest BCUT2D eigenvalue weighted by molar-refractivity contribution is 0.102. The lowest BCUT2D eigenvalue weighted by Gasteiger charge is -2.08. The summed E-state index contributed by atoms with van der Waals surface area (Å²) >= 11 is 17.2. The molecule has 0 atom stereocenters. The van der Waals surface area contributed by atoms with Crippen molar-refractivity contribution in [1.29, 1.82) is 0 Å². The van der Waals surface area contributed by atoms with E-state index in [0.717, 1.165) is 12.4 Å². The highest BCUT2D eigenvalue weighted by Gasteiger charge is 2.18. The van der Waals surface area contributed by atoms with Crippen molar-refractivity contribution in [3.05, 3.63) is 51.1 Å². The first-order chi connectivity index (χ1) is 9.00. The summed E-state index contributed by atoms with van der Waals surface area (Å²) in [7, 11) is 0. The fourth-order valence-corrected chi connectivity index (χ4v) is 1.85. The van der Waals surface area contributed by atoms with E-state index >= 15 is 0 Å². The molecule has 1 N–H and O–H groups in total. The van der Waals surface area contributed by atoms with E-state index in [-0.39, 0.29) is 26.6 Å². The molecule has 0 aliphatic heterocycles. The number of nitrogens with zero attached hydrogens (tertiary/aromatic N) is 2. The second-order valence-electron chi connectivity index (χ2n) is 3.38. The van der Waals surface area contributed by atoms with E-state index in [2.05, 4.69) is 15.3 Å². The summed E-state index contributed by atoms with van der Waals surface area (Å²) in [4.78, 5) is 19.3. The first-order valence-electron chi connectivity index (χ1n) is 4.92. The van der Waals surface area contributed by atoms with Gasteiger partial charge in [-0.3, -0.25) is 4.79 Å². The minimum atomic E-state index is -0.778. The highest BCUT2D eigenvalue weighted by atomic mass is 35.5. The lowest BCUT2D eigenvalue weighted by atomic mass is 10.2. The summed E-state index contributed by atoms with van der Waals surface area (Å²) in [6.45, 7) is 0. The van der Waals surface area contributed by atoms with Crippen LogP contribution >= 0.6 is 34.8 Å². The zero-order valence-electron chi connectivity index (χ0n) is 9.12. The summed E-state index contributed by atoms with van der Waals surface area (Å²) in [5.41, 5.74) is -0.296. The van der Waals surface area contributed by atoms with Gasteiger partial charge in [0.1, 0.15) is 17.2 Å². The van der Waals surface area contributed by atoms with Gasteiger partial charge in [-0.25, -0.2) is 14.4 Å². The number of carbonyl (C=O) groups excluding carboxylic acids is 1. The van der Waals surface area contributed by atoms with E-state index in [4.69, 9.17) is 34.8 Å². The molecule has 4 nitrogen and oxygen atoms in total. The predicted molar refractivity (Wildman–Crippen MR) is 71.4 cm³/mol. The van der Waals surface area contributed by atoms with Crippen LogP contribution in [-0.4, -0.2) is 15.9 Å². The maximum atomic E-state index is 13.5. The zero-order valence-corrected chi connectivity index (χ0v) is 11.4. The molecule has 1 aromatic heterocycles. The van der Waals surface area contributed by atoms with Crippen LogP contribution < -0.4 is 5.32 Å². The van der Waals surface area contributed by atoms with Crippen LogP contribution in [0.15, 0.2) is 24.5 Å². The largest absolute Gasteiger partial charge is 0.305 e. The molecular weight excluding hydrogens is 315 g/mol. The van der Waals surface area contributed by atoms with Crippen LogP contribution in [0.25, 0.3) is 0 Å². The van der Waals surface area contributed by atoms with Crippen molar-refractivity contribution in [1.82, 2.24) is 9.97 Å². The van der Waals surface area contributed by atoms with Gasteiger partial charge in [0.05, 0.1) is 10.6 Å². The minimum absolute atomic E-state index is 0.0197. The number of halogens is 4. The molecule has 1 heterocycles. The molecule has 8 heteroatoms. The van der Waals surface area contributed by atoms with Crippen LogP contribution in [0.1, 0.15) is 10.4 Å². The van der Waals surface area contributed by atoms with Crippen LogP contribution in [0.4, 0.5) is 10.2 Å². The molecule has 0 radical (unpaired) electrons. The van der Waals surface area contributed by atoms with Gasteiger partial charge in [-0.05, 0) is 12.1 Å². The van der Waals surface area contributed by atoms with Crippen LogP contribution in [0, 0.1) is 5.82 Å². The normalized spacial score (nSPS) is 10.3. The third kappa shape index (κ3) is 2.94. The zero-order chi connectivity index (χ0) is 14.0. The molecule has 0 fully saturated rings. The molecule has 1 amide bonds. The highest BCUT2D eigenvalue weighted by Crippen LogP contribution is 2.27. The number of aromatic nitrogens is 2. The molecule has 98 valence electrons. The van der Waals surface area contributed by atoms with Gasteiger partial charge in [-0.15, -0.1) is 0 Å². The number of benzene rings is 1. The van der Waals surface area contributed by atoms with Crippen molar-refractivity contribution in [2.45, 2.75) is 0 Å². The number of hydrogen-bond acceptors (Lipinski definition) is 3. The molecule has 2 rings (SSSR count). The highest BCUT2D eigenvalue weighted by molar-refractivity contribution is 6.43. The van der Waals surface area contributed by atoms with Crippen molar-refractivity contribution in [3.63, 3.8) is 0 Å². The Hall–Kier alpha value is -1.43. The smallest absolute Gasteiger partial charge is 0.261 e. The molecule has 0 aliphatic rings. The van der Waals surface area contributed by atoms with Gasteiger partial charge in [0.15, 0.2) is 11.0 Å². The van der Waals surface area contributed by atoms with E-state index in [1.807, 2.05) is 0 Å². The molecule has 2 aromatic rings. The topological polar surface area (TPSA) is 54.9 Å². The van der Waals surface area contributed by atoms with Crippen molar-refractivity contribution in [3.8, 4) is 0 Å². The van der Waals surface area contributed by atoms with Gasteiger partial charge >= 0.3 is 0 Å². The van der Waals surface area contributed by atoms with Crippen LogP contribution in [0.2, 0.25) is 15.2 Å². The van der Waals surface area contributed by atoms with Gasteiger partial charge in [-0.2, -0.15) is 0 Å². The molecular formula is C11H5Cl3FN3O. The predicted octanol–water partition coefficient (Wildman–Crippen LogP) is 3.83. The van der Waals surface area contributed by atoms with Crippen molar-refractivity contribution in [2.24, 2.45) is 0 Å². The average molecular weight is 321 g/mol. The molecule has 19 heavy (non-hydrogen) atoms. The van der Waals surface area contributed by atoms with E-state index in [9.17, 15) is 9.18 Å². The third-order valence-electron chi connectivity index (χ3n) is 2.17. The van der Waals surface area contributed by atoms with Crippen LogP contribution in [0.3, 0.4) is 0 Å². The number of hydrogen-bond donors (Lipinski definition) is 1. The SMILES string of the molecule is O=C(Nc1ncnc(Cl)c1Cl)c1c(F)cccc1Cl. The Labute approximate surface area is 122 Å². The summed E-state index contributed by atoms with van der Waals surface area (Å²) in [6.07, 6.45) is 1.12. The Kier molecular flexibility index (Phi) is 4.19. The van der Waals surface area contributed by atoms with Gasteiger partial charge in [-0.1, -0.05) is 40.9 Å². The van der Waals surface area contributed by atoms with E-state index in [0.29, 0.717) is 0 Å². The maximum Gasteiger partial charge on any atom is 0.261 e. The summed E-state index contributed by atoms with van der Waals surface area (Å²) in [6, 6.07) is 3.91. The second kappa shape index (κ2) is 5.69. The van der Waals surface area contributed by atoms with Crippen molar-refractivity contribution in [2.75, 3.05) is 5.32 Å².